The highest BCUT2D eigenvalue weighted by Crippen LogP contribution is 2.40. The van der Waals surface area contributed by atoms with E-state index >= 15 is 0 Å². The van der Waals surface area contributed by atoms with Crippen LogP contribution in [0.3, 0.4) is 0 Å². The fraction of sp³-hybridized carbons (Fsp3) is 0.855. The Morgan fingerprint density at radius 1 is 0.269 bits per heavy atom. The SMILES string of the molecule is CCC(C)(C)C(=O)OCC(=O)OCC(=O)OC1(C)CCCC1.CCC(C)(C)C(=O)OCCC(=O)C1(C)CCCC1.CCC(C)(C)C(=O)OCCOCC(=O)OC1(C)CCCC1.CCC1(OC(=O)COC(=O)COC(=O)C(C)(C)CC)CCCCC1.CCC1(OC(=O)COCCOC(=O)C(C)(C)CC)CCCCC1. The lowest BCUT2D eigenvalue weighted by molar-refractivity contribution is -0.176. The van der Waals surface area contributed by atoms with E-state index in [2.05, 4.69) is 6.92 Å². The van der Waals surface area contributed by atoms with Crippen molar-refractivity contribution in [2.24, 2.45) is 32.5 Å². The van der Waals surface area contributed by atoms with Crippen LogP contribution in [0.5, 0.6) is 0 Å². The van der Waals surface area contributed by atoms with Crippen LogP contribution in [0, 0.1) is 32.5 Å². The summed E-state index contributed by atoms with van der Waals surface area (Å²) in [6.45, 7) is 36.5. The van der Waals surface area contributed by atoms with Crippen molar-refractivity contribution in [3.63, 3.8) is 0 Å². The lowest BCUT2D eigenvalue weighted by Gasteiger charge is -2.35. The maximum atomic E-state index is 12.1. The summed E-state index contributed by atoms with van der Waals surface area (Å²) in [4.78, 5) is 141. The van der Waals surface area contributed by atoms with Crippen molar-refractivity contribution < 1.29 is 119 Å². The molecule has 0 aromatic heterocycles. The van der Waals surface area contributed by atoms with Crippen LogP contribution in [0.25, 0.3) is 0 Å². The monoisotopic (exact) mass is 1540 g/mol. The average molecular weight is 1540 g/mol. The molecule has 5 fully saturated rings. The molecule has 0 heterocycles. The Morgan fingerprint density at radius 3 is 0.824 bits per heavy atom. The van der Waals surface area contributed by atoms with Gasteiger partial charge in [0, 0.05) is 11.8 Å². The van der Waals surface area contributed by atoms with Crippen LogP contribution in [0.1, 0.15) is 331 Å². The van der Waals surface area contributed by atoms with Gasteiger partial charge in [0.25, 0.3) is 0 Å². The van der Waals surface area contributed by atoms with E-state index in [-0.39, 0.29) is 98.5 Å². The number of hydrogen-bond acceptors (Lipinski definition) is 25. The molecule has 108 heavy (non-hydrogen) atoms. The molecule has 5 saturated carbocycles. The minimum Gasteiger partial charge on any atom is -0.465 e. The number of carbonyl (C=O) groups is 12. The molecule has 0 spiro atoms. The molecule has 0 unspecified atom stereocenters. The van der Waals surface area contributed by atoms with Crippen LogP contribution in [0.15, 0.2) is 0 Å². The van der Waals surface area contributed by atoms with Crippen LogP contribution in [-0.2, 0) is 119 Å². The second kappa shape index (κ2) is 48.5. The quantitative estimate of drug-likeness (QED) is 0.0315. The number of hydrogen-bond donors (Lipinski definition) is 0. The fourth-order valence-corrected chi connectivity index (χ4v) is 12.0. The van der Waals surface area contributed by atoms with Gasteiger partial charge in [-0.3, -0.25) is 28.8 Å². The molecular weight excluding hydrogens is 1400 g/mol. The maximum absolute atomic E-state index is 12.1. The molecule has 0 aromatic carbocycles. The van der Waals surface area contributed by atoms with Crippen LogP contribution >= 0.6 is 0 Å². The predicted octanol–water partition coefficient (Wildman–Crippen LogP) is 15.6. The summed E-state index contributed by atoms with van der Waals surface area (Å²) < 4.78 is 67.3. The minimum atomic E-state index is -0.756. The van der Waals surface area contributed by atoms with E-state index < -0.39 is 101 Å². The van der Waals surface area contributed by atoms with Gasteiger partial charge in [0.1, 0.15) is 54.6 Å². The van der Waals surface area contributed by atoms with Gasteiger partial charge in [-0.2, -0.15) is 0 Å². The molecule has 624 valence electrons. The highest BCUT2D eigenvalue weighted by Gasteiger charge is 2.40. The second-order valence-corrected chi connectivity index (χ2v) is 33.5. The maximum Gasteiger partial charge on any atom is 0.344 e. The molecule has 0 amide bonds. The Labute approximate surface area is 646 Å². The summed E-state index contributed by atoms with van der Waals surface area (Å²) in [7, 11) is 0. The van der Waals surface area contributed by atoms with Crippen LogP contribution in [0.2, 0.25) is 0 Å². The first-order chi connectivity index (χ1) is 50.4. The van der Waals surface area contributed by atoms with E-state index in [0.717, 1.165) is 167 Å². The summed E-state index contributed by atoms with van der Waals surface area (Å²) in [5, 5.41) is 0. The molecule has 5 aliphatic carbocycles. The Morgan fingerprint density at radius 2 is 0.519 bits per heavy atom. The third kappa shape index (κ3) is 38.1. The molecule has 5 rings (SSSR count). The number of carbonyl (C=O) groups excluding carboxylic acids is 12. The molecule has 0 N–H and O–H groups in total. The zero-order chi connectivity index (χ0) is 82.1. The number of esters is 11. The van der Waals surface area contributed by atoms with E-state index in [1.54, 1.807) is 27.7 Å². The molecule has 0 aromatic rings. The number of ketones is 1. The first-order valence-electron chi connectivity index (χ1n) is 40.1. The third-order valence-electron chi connectivity index (χ3n) is 22.4. The van der Waals surface area contributed by atoms with E-state index in [4.69, 9.17) is 61.6 Å². The third-order valence-corrected chi connectivity index (χ3v) is 22.4. The summed E-state index contributed by atoms with van der Waals surface area (Å²) >= 11 is 0. The highest BCUT2D eigenvalue weighted by molar-refractivity contribution is 5.85. The average Bonchev–Trinajstić information content (AvgIpc) is 1.78. The number of rotatable bonds is 38. The molecule has 25 heteroatoms. The van der Waals surface area contributed by atoms with Gasteiger partial charge in [-0.05, 0) is 244 Å². The van der Waals surface area contributed by atoms with E-state index in [1.807, 2.05) is 104 Å². The predicted molar refractivity (Wildman–Crippen MR) is 405 cm³/mol. The van der Waals surface area contributed by atoms with Crippen molar-refractivity contribution in [1.29, 1.82) is 0 Å². The van der Waals surface area contributed by atoms with E-state index in [0.29, 0.717) is 19.3 Å². The first kappa shape index (κ1) is 99.8. The van der Waals surface area contributed by atoms with E-state index in [1.165, 1.54) is 6.42 Å². The lowest BCUT2D eigenvalue weighted by atomic mass is 9.83. The molecule has 5 aliphatic rings. The largest absolute Gasteiger partial charge is 0.465 e. The van der Waals surface area contributed by atoms with Crippen molar-refractivity contribution in [3.8, 4) is 0 Å². The zero-order valence-corrected chi connectivity index (χ0v) is 70.2. The summed E-state index contributed by atoms with van der Waals surface area (Å²) in [6, 6.07) is 0. The highest BCUT2D eigenvalue weighted by atomic mass is 16.6. The standard InChI is InChI=1S/C18H30O6.C18H32O5.C16H26O6.C16H28O5.C15H26O3/c1-5-17(3,4)16(21)23-12-14(19)22-13-15(20)24-18(6-2)10-8-7-9-11-18;1-5-17(3,4)16(20)22-13-12-21-14-15(19)23-18(6-2)10-8-7-9-11-18;1-5-15(2,3)14(19)21-10-12(17)20-11-13(18)22-16(4)8-6-7-9-16;1-5-15(2,3)14(18)20-11-10-19-12-13(17)21-16(4)8-6-7-9-16;1-5-14(2,3)13(17)18-11-8-12(16)15(4)9-6-7-10-15/h5-13H2,1-4H3;5-14H2,1-4H3;5-11H2,1-4H3;5-12H2,1-4H3;5-11H2,1-4H3. The van der Waals surface area contributed by atoms with Crippen LogP contribution < -0.4 is 0 Å². The molecular formula is C83H142O25. The summed E-state index contributed by atoms with van der Waals surface area (Å²) in [5.74, 6) is -4.65. The lowest BCUT2D eigenvalue weighted by Crippen LogP contribution is -2.38. The van der Waals surface area contributed by atoms with Gasteiger partial charge in [-0.15, -0.1) is 0 Å². The Hall–Kier alpha value is -6.24. The van der Waals surface area contributed by atoms with Gasteiger partial charge in [0.05, 0.1) is 46.9 Å². The normalized spacial score (nSPS) is 17.5. The van der Waals surface area contributed by atoms with Gasteiger partial charge < -0.3 is 61.6 Å². The first-order valence-corrected chi connectivity index (χ1v) is 40.1. The van der Waals surface area contributed by atoms with E-state index in [9.17, 15) is 57.5 Å². The van der Waals surface area contributed by atoms with Gasteiger partial charge in [0.2, 0.25) is 0 Å². The number of Topliss-reactive ketones (excluding diaryl/α,β-unsaturated/α-hetero) is 1. The van der Waals surface area contributed by atoms with Gasteiger partial charge in [-0.25, -0.2) is 28.8 Å². The smallest absolute Gasteiger partial charge is 0.344 e. The molecule has 0 aliphatic heterocycles. The van der Waals surface area contributed by atoms with Crippen molar-refractivity contribution in [1.82, 2.24) is 0 Å². The van der Waals surface area contributed by atoms with Gasteiger partial charge >= 0.3 is 65.7 Å². The fourth-order valence-electron chi connectivity index (χ4n) is 12.0. The van der Waals surface area contributed by atoms with Crippen molar-refractivity contribution in [2.45, 2.75) is 354 Å². The number of ether oxygens (including phenoxy) is 13. The Kier molecular flexibility index (Phi) is 44.8. The van der Waals surface area contributed by atoms with Gasteiger partial charge in [-0.1, -0.05) is 81.1 Å². The molecule has 0 saturated heterocycles. The minimum absolute atomic E-state index is 0.0868. The molecule has 0 bridgehead atoms. The molecule has 0 atom stereocenters. The summed E-state index contributed by atoms with van der Waals surface area (Å²) in [6.07, 6.45) is 27.7. The van der Waals surface area contributed by atoms with Crippen LogP contribution in [0.4, 0.5) is 0 Å². The van der Waals surface area contributed by atoms with Crippen LogP contribution in [-0.4, -0.2) is 167 Å². The second-order valence-electron chi connectivity index (χ2n) is 33.5. The van der Waals surface area contributed by atoms with Crippen molar-refractivity contribution in [3.05, 3.63) is 0 Å². The molecule has 0 radical (unpaired) electrons. The van der Waals surface area contributed by atoms with Crippen molar-refractivity contribution >= 4 is 71.4 Å². The van der Waals surface area contributed by atoms with Gasteiger partial charge in [0.15, 0.2) is 26.4 Å². The Balaban J connectivity index is 0.000000677. The topological polar surface area (TPSA) is 325 Å². The zero-order valence-electron chi connectivity index (χ0n) is 70.2. The molecule has 25 nitrogen and oxygen atoms in total. The summed E-state index contributed by atoms with van der Waals surface area (Å²) in [5.41, 5.74) is -4.32. The Bertz CT molecular complexity index is 2780. The van der Waals surface area contributed by atoms with Crippen molar-refractivity contribution in [2.75, 3.05) is 72.7 Å².